The molecule has 0 heterocycles. The summed E-state index contributed by atoms with van der Waals surface area (Å²) in [6, 6.07) is 8.13. The van der Waals surface area contributed by atoms with Gasteiger partial charge in [0.05, 0.1) is 20.3 Å². The molecule has 0 amide bonds. The molecule has 1 aliphatic carbocycles. The SMILES string of the molecule is CCCCCCCCC1C=C(CCOCc2ccc(OC)cc2)CC1. The average molecular weight is 345 g/mol. The molecule has 1 aliphatic rings. The largest absolute Gasteiger partial charge is 0.497 e. The van der Waals surface area contributed by atoms with Gasteiger partial charge >= 0.3 is 0 Å². The fraction of sp³-hybridized carbons (Fsp3) is 0.652. The Balaban J connectivity index is 1.53. The summed E-state index contributed by atoms with van der Waals surface area (Å²) in [5.74, 6) is 1.74. The summed E-state index contributed by atoms with van der Waals surface area (Å²) in [4.78, 5) is 0. The van der Waals surface area contributed by atoms with Crippen molar-refractivity contribution in [1.29, 1.82) is 0 Å². The summed E-state index contributed by atoms with van der Waals surface area (Å²) in [5, 5.41) is 0. The zero-order valence-corrected chi connectivity index (χ0v) is 16.3. The molecular formula is C23H36O2. The highest BCUT2D eigenvalue weighted by Crippen LogP contribution is 2.30. The van der Waals surface area contributed by atoms with Crippen molar-refractivity contribution in [3.8, 4) is 5.75 Å². The third kappa shape index (κ3) is 8.09. The molecule has 0 bridgehead atoms. The van der Waals surface area contributed by atoms with Crippen LogP contribution in [0, 0.1) is 5.92 Å². The molecular weight excluding hydrogens is 308 g/mol. The van der Waals surface area contributed by atoms with Crippen molar-refractivity contribution in [1.82, 2.24) is 0 Å². The molecule has 0 saturated heterocycles. The van der Waals surface area contributed by atoms with Gasteiger partial charge in [0.15, 0.2) is 0 Å². The minimum Gasteiger partial charge on any atom is -0.497 e. The summed E-state index contributed by atoms with van der Waals surface area (Å²) < 4.78 is 11.0. The van der Waals surface area contributed by atoms with Crippen molar-refractivity contribution in [2.75, 3.05) is 13.7 Å². The van der Waals surface area contributed by atoms with E-state index in [4.69, 9.17) is 9.47 Å². The van der Waals surface area contributed by atoms with E-state index < -0.39 is 0 Å². The van der Waals surface area contributed by atoms with Crippen LogP contribution >= 0.6 is 0 Å². The van der Waals surface area contributed by atoms with Crippen LogP contribution in [-0.2, 0) is 11.3 Å². The lowest BCUT2D eigenvalue weighted by Gasteiger charge is -2.06. The van der Waals surface area contributed by atoms with E-state index in [-0.39, 0.29) is 0 Å². The van der Waals surface area contributed by atoms with E-state index in [1.807, 2.05) is 12.1 Å². The van der Waals surface area contributed by atoms with E-state index in [9.17, 15) is 0 Å². The Morgan fingerprint density at radius 2 is 1.76 bits per heavy atom. The molecule has 0 fully saturated rings. The minimum absolute atomic E-state index is 0.693. The van der Waals surface area contributed by atoms with Crippen LogP contribution < -0.4 is 4.74 Å². The maximum absolute atomic E-state index is 5.84. The van der Waals surface area contributed by atoms with E-state index >= 15 is 0 Å². The maximum Gasteiger partial charge on any atom is 0.118 e. The van der Waals surface area contributed by atoms with Gasteiger partial charge in [0.1, 0.15) is 5.75 Å². The molecule has 0 N–H and O–H groups in total. The normalized spacial score (nSPS) is 16.9. The van der Waals surface area contributed by atoms with E-state index in [1.54, 1.807) is 12.7 Å². The number of methoxy groups -OCH3 is 1. The zero-order valence-electron chi connectivity index (χ0n) is 16.3. The van der Waals surface area contributed by atoms with Crippen molar-refractivity contribution < 1.29 is 9.47 Å². The summed E-state index contributed by atoms with van der Waals surface area (Å²) in [6.07, 6.45) is 16.1. The first kappa shape index (κ1) is 20.0. The maximum atomic E-state index is 5.84. The third-order valence-electron chi connectivity index (χ3n) is 5.23. The van der Waals surface area contributed by atoms with Crippen molar-refractivity contribution in [3.05, 3.63) is 41.5 Å². The van der Waals surface area contributed by atoms with Crippen molar-refractivity contribution in [2.24, 2.45) is 5.92 Å². The molecule has 0 saturated carbocycles. The van der Waals surface area contributed by atoms with Crippen molar-refractivity contribution in [3.63, 3.8) is 0 Å². The van der Waals surface area contributed by atoms with Gasteiger partial charge in [-0.05, 0) is 49.3 Å². The molecule has 25 heavy (non-hydrogen) atoms. The lowest BCUT2D eigenvalue weighted by molar-refractivity contribution is 0.123. The third-order valence-corrected chi connectivity index (χ3v) is 5.23. The van der Waals surface area contributed by atoms with Crippen molar-refractivity contribution >= 4 is 0 Å². The van der Waals surface area contributed by atoms with Gasteiger partial charge in [0.25, 0.3) is 0 Å². The predicted octanol–water partition coefficient (Wildman–Crippen LogP) is 6.69. The van der Waals surface area contributed by atoms with E-state index in [0.717, 1.165) is 24.7 Å². The predicted molar refractivity (Wildman–Crippen MR) is 106 cm³/mol. The van der Waals surface area contributed by atoms with E-state index in [1.165, 1.54) is 63.4 Å². The fourth-order valence-electron chi connectivity index (χ4n) is 3.61. The summed E-state index contributed by atoms with van der Waals surface area (Å²) in [5.41, 5.74) is 2.83. The summed E-state index contributed by atoms with van der Waals surface area (Å²) >= 11 is 0. The van der Waals surface area contributed by atoms with Gasteiger partial charge in [0.2, 0.25) is 0 Å². The van der Waals surface area contributed by atoms with Crippen LogP contribution in [0.2, 0.25) is 0 Å². The Kier molecular flexibility index (Phi) is 9.73. The van der Waals surface area contributed by atoms with Gasteiger partial charge in [-0.15, -0.1) is 0 Å². The van der Waals surface area contributed by atoms with Crippen LogP contribution in [0.15, 0.2) is 35.9 Å². The van der Waals surface area contributed by atoms with Crippen LogP contribution in [0.3, 0.4) is 0 Å². The first-order valence-corrected chi connectivity index (χ1v) is 10.2. The van der Waals surface area contributed by atoms with Gasteiger partial charge < -0.3 is 9.47 Å². The number of hydrogen-bond acceptors (Lipinski definition) is 2. The van der Waals surface area contributed by atoms with E-state index in [0.29, 0.717) is 6.61 Å². The molecule has 0 spiro atoms. The van der Waals surface area contributed by atoms with Gasteiger partial charge in [-0.25, -0.2) is 0 Å². The summed E-state index contributed by atoms with van der Waals surface area (Å²) in [6.45, 7) is 3.81. The minimum atomic E-state index is 0.693. The molecule has 1 atom stereocenters. The number of hydrogen-bond donors (Lipinski definition) is 0. The smallest absolute Gasteiger partial charge is 0.118 e. The lowest BCUT2D eigenvalue weighted by atomic mass is 10.00. The number of allylic oxidation sites excluding steroid dienone is 1. The molecule has 140 valence electrons. The summed E-state index contributed by atoms with van der Waals surface area (Å²) in [7, 11) is 1.70. The highest BCUT2D eigenvalue weighted by Gasteiger charge is 2.15. The van der Waals surface area contributed by atoms with Gasteiger partial charge in [0, 0.05) is 0 Å². The quantitative estimate of drug-likeness (QED) is 0.293. The van der Waals surface area contributed by atoms with Crippen molar-refractivity contribution in [2.45, 2.75) is 77.7 Å². The standard InChI is InChI=1S/C23H36O2/c1-3-4-5-6-7-8-9-20-10-11-21(18-20)16-17-25-19-22-12-14-23(24-2)15-13-22/h12-15,18,20H,3-11,16-17,19H2,1-2H3. The average Bonchev–Trinajstić information content (AvgIpc) is 3.10. The van der Waals surface area contributed by atoms with Crippen LogP contribution in [0.5, 0.6) is 5.75 Å². The second-order valence-corrected chi connectivity index (χ2v) is 7.33. The molecule has 2 rings (SSSR count). The molecule has 1 aromatic rings. The number of unbranched alkanes of at least 4 members (excludes halogenated alkanes) is 5. The molecule has 0 aromatic heterocycles. The Labute approximate surface area is 154 Å². The van der Waals surface area contributed by atoms with Crippen LogP contribution in [0.4, 0.5) is 0 Å². The monoisotopic (exact) mass is 344 g/mol. The molecule has 2 heteroatoms. The van der Waals surface area contributed by atoms with Crippen LogP contribution in [0.25, 0.3) is 0 Å². The van der Waals surface area contributed by atoms with E-state index in [2.05, 4.69) is 25.1 Å². The van der Waals surface area contributed by atoms with Crippen LogP contribution in [0.1, 0.15) is 76.7 Å². The van der Waals surface area contributed by atoms with Crippen LogP contribution in [-0.4, -0.2) is 13.7 Å². The topological polar surface area (TPSA) is 18.5 Å². The second-order valence-electron chi connectivity index (χ2n) is 7.33. The second kappa shape index (κ2) is 12.1. The first-order chi connectivity index (χ1) is 12.3. The zero-order chi connectivity index (χ0) is 17.7. The molecule has 2 nitrogen and oxygen atoms in total. The Hall–Kier alpha value is -1.28. The highest BCUT2D eigenvalue weighted by atomic mass is 16.5. The molecule has 0 radical (unpaired) electrons. The number of benzene rings is 1. The Morgan fingerprint density at radius 1 is 1.00 bits per heavy atom. The van der Waals surface area contributed by atoms with Gasteiger partial charge in [-0.3, -0.25) is 0 Å². The highest BCUT2D eigenvalue weighted by molar-refractivity contribution is 5.26. The number of ether oxygens (including phenoxy) is 2. The van der Waals surface area contributed by atoms with Gasteiger partial charge in [-0.2, -0.15) is 0 Å². The van der Waals surface area contributed by atoms with Gasteiger partial charge in [-0.1, -0.05) is 69.2 Å². The molecule has 1 aromatic carbocycles. The Bertz CT molecular complexity index is 489. The molecule has 0 aliphatic heterocycles. The fourth-order valence-corrected chi connectivity index (χ4v) is 3.61. The lowest BCUT2D eigenvalue weighted by Crippen LogP contribution is -1.96. The first-order valence-electron chi connectivity index (χ1n) is 10.2. The Morgan fingerprint density at radius 3 is 2.52 bits per heavy atom. The number of rotatable bonds is 13. The molecule has 1 unspecified atom stereocenters.